The van der Waals surface area contributed by atoms with Gasteiger partial charge in [-0.25, -0.2) is 0 Å². The highest BCUT2D eigenvalue weighted by molar-refractivity contribution is 7.11. The van der Waals surface area contributed by atoms with Crippen molar-refractivity contribution in [2.24, 2.45) is 5.73 Å². The lowest BCUT2D eigenvalue weighted by Gasteiger charge is -2.11. The van der Waals surface area contributed by atoms with E-state index in [9.17, 15) is 4.79 Å². The summed E-state index contributed by atoms with van der Waals surface area (Å²) in [6, 6.07) is 2.00. The number of fused-ring (bicyclic) bond motifs is 1. The Morgan fingerprint density at radius 2 is 2.50 bits per heavy atom. The van der Waals surface area contributed by atoms with Crippen molar-refractivity contribution in [3.8, 4) is 0 Å². The van der Waals surface area contributed by atoms with Crippen LogP contribution in [0.3, 0.4) is 0 Å². The van der Waals surface area contributed by atoms with E-state index in [1.54, 1.807) is 17.5 Å². The maximum Gasteiger partial charge on any atom is 0.251 e. The molecule has 3 nitrogen and oxygen atoms in total. The molecule has 3 N–H and O–H groups in total. The van der Waals surface area contributed by atoms with Crippen molar-refractivity contribution in [3.05, 3.63) is 28.1 Å². The Hall–Kier alpha value is -1.29. The SMILES string of the molecule is NC(=O)C1=CNCc2ccsc21. The smallest absolute Gasteiger partial charge is 0.251 e. The fraction of sp³-hybridized carbons (Fsp3) is 0.125. The standard InChI is InChI=1S/C8H8N2OS/c9-8(11)6-4-10-3-5-1-2-12-7(5)6/h1-2,4,10H,3H2,(H2,9,11). The van der Waals surface area contributed by atoms with Gasteiger partial charge in [0, 0.05) is 17.6 Å². The largest absolute Gasteiger partial charge is 0.386 e. The van der Waals surface area contributed by atoms with Crippen molar-refractivity contribution in [2.45, 2.75) is 6.54 Å². The van der Waals surface area contributed by atoms with Crippen molar-refractivity contribution in [1.29, 1.82) is 0 Å². The van der Waals surface area contributed by atoms with E-state index in [1.165, 1.54) is 0 Å². The lowest BCUT2D eigenvalue weighted by Crippen LogP contribution is -2.20. The molecule has 4 heteroatoms. The lowest BCUT2D eigenvalue weighted by atomic mass is 10.1. The summed E-state index contributed by atoms with van der Waals surface area (Å²) < 4.78 is 0. The van der Waals surface area contributed by atoms with Gasteiger partial charge < -0.3 is 11.1 Å². The molecule has 1 aliphatic rings. The van der Waals surface area contributed by atoms with Crippen LogP contribution in [0.1, 0.15) is 10.4 Å². The Kier molecular flexibility index (Phi) is 1.62. The van der Waals surface area contributed by atoms with Gasteiger partial charge in [-0.3, -0.25) is 4.79 Å². The number of carbonyl (C=O) groups is 1. The van der Waals surface area contributed by atoms with Crippen LogP contribution in [0, 0.1) is 0 Å². The maximum absolute atomic E-state index is 10.9. The summed E-state index contributed by atoms with van der Waals surface area (Å²) in [5.74, 6) is -0.370. The van der Waals surface area contributed by atoms with Gasteiger partial charge in [0.15, 0.2) is 0 Å². The number of nitrogens with one attached hydrogen (secondary N) is 1. The van der Waals surface area contributed by atoms with Gasteiger partial charge in [-0.05, 0) is 17.0 Å². The second-order valence-corrected chi connectivity index (χ2v) is 3.49. The number of rotatable bonds is 1. The third-order valence-corrected chi connectivity index (χ3v) is 2.79. The molecule has 0 fully saturated rings. The van der Waals surface area contributed by atoms with Crippen molar-refractivity contribution in [3.63, 3.8) is 0 Å². The van der Waals surface area contributed by atoms with Gasteiger partial charge in [0.25, 0.3) is 5.91 Å². The summed E-state index contributed by atoms with van der Waals surface area (Å²) in [4.78, 5) is 11.9. The van der Waals surface area contributed by atoms with Crippen LogP contribution in [0.25, 0.3) is 5.57 Å². The quantitative estimate of drug-likeness (QED) is 0.667. The molecule has 1 aromatic heterocycles. The molecule has 62 valence electrons. The molecule has 0 spiro atoms. The van der Waals surface area contributed by atoms with Gasteiger partial charge in [-0.15, -0.1) is 11.3 Å². The van der Waals surface area contributed by atoms with Crippen molar-refractivity contribution in [1.82, 2.24) is 5.32 Å². The van der Waals surface area contributed by atoms with E-state index in [2.05, 4.69) is 5.32 Å². The molecule has 0 aliphatic carbocycles. The summed E-state index contributed by atoms with van der Waals surface area (Å²) in [7, 11) is 0. The molecule has 1 amide bonds. The van der Waals surface area contributed by atoms with Gasteiger partial charge in [0.2, 0.25) is 0 Å². The molecule has 0 atom stereocenters. The summed E-state index contributed by atoms with van der Waals surface area (Å²) in [5, 5.41) is 4.97. The van der Waals surface area contributed by atoms with Gasteiger partial charge >= 0.3 is 0 Å². The van der Waals surface area contributed by atoms with Crippen LogP contribution in [0.5, 0.6) is 0 Å². The predicted octanol–water partition coefficient (Wildman–Crippen LogP) is 0.677. The average molecular weight is 180 g/mol. The van der Waals surface area contributed by atoms with Gasteiger partial charge in [-0.1, -0.05) is 0 Å². The molecule has 0 bridgehead atoms. The van der Waals surface area contributed by atoms with E-state index in [0.717, 1.165) is 17.0 Å². The highest BCUT2D eigenvalue weighted by Crippen LogP contribution is 2.27. The normalized spacial score (nSPS) is 14.5. The first-order valence-electron chi connectivity index (χ1n) is 3.59. The average Bonchev–Trinajstić information content (AvgIpc) is 2.49. The number of amides is 1. The molecule has 2 heterocycles. The second-order valence-electron chi connectivity index (χ2n) is 2.58. The van der Waals surface area contributed by atoms with E-state index in [1.807, 2.05) is 11.4 Å². The molecule has 0 saturated carbocycles. The fourth-order valence-corrected chi connectivity index (χ4v) is 2.17. The van der Waals surface area contributed by atoms with Gasteiger partial charge in [0.05, 0.1) is 5.57 Å². The molecular formula is C8H8N2OS. The van der Waals surface area contributed by atoms with E-state index in [-0.39, 0.29) is 5.91 Å². The molecule has 0 aromatic carbocycles. The topological polar surface area (TPSA) is 55.1 Å². The van der Waals surface area contributed by atoms with Crippen LogP contribution in [-0.4, -0.2) is 5.91 Å². The molecule has 1 aromatic rings. The second kappa shape index (κ2) is 2.64. The van der Waals surface area contributed by atoms with Crippen LogP contribution in [0.4, 0.5) is 0 Å². The monoisotopic (exact) mass is 180 g/mol. The summed E-state index contributed by atoms with van der Waals surface area (Å²) in [6.45, 7) is 0.787. The first kappa shape index (κ1) is 7.36. The summed E-state index contributed by atoms with van der Waals surface area (Å²) >= 11 is 1.55. The Morgan fingerprint density at radius 3 is 3.25 bits per heavy atom. The summed E-state index contributed by atoms with van der Waals surface area (Å²) in [5.41, 5.74) is 6.94. The molecule has 0 unspecified atom stereocenters. The van der Waals surface area contributed by atoms with E-state index in [0.29, 0.717) is 5.57 Å². The maximum atomic E-state index is 10.9. The van der Waals surface area contributed by atoms with Crippen LogP contribution in [0.15, 0.2) is 17.6 Å². The van der Waals surface area contributed by atoms with Crippen molar-refractivity contribution < 1.29 is 4.79 Å². The third-order valence-electron chi connectivity index (χ3n) is 1.80. The van der Waals surface area contributed by atoms with Gasteiger partial charge in [0.1, 0.15) is 0 Å². The Balaban J connectivity index is 2.50. The summed E-state index contributed by atoms with van der Waals surface area (Å²) in [6.07, 6.45) is 1.68. The number of thiophene rings is 1. The molecule has 0 radical (unpaired) electrons. The fourth-order valence-electron chi connectivity index (χ4n) is 1.22. The highest BCUT2D eigenvalue weighted by atomic mass is 32.1. The number of primary amides is 1. The Morgan fingerprint density at radius 1 is 1.67 bits per heavy atom. The van der Waals surface area contributed by atoms with E-state index >= 15 is 0 Å². The lowest BCUT2D eigenvalue weighted by molar-refractivity contribution is -0.112. The van der Waals surface area contributed by atoms with Crippen LogP contribution >= 0.6 is 11.3 Å². The molecular weight excluding hydrogens is 172 g/mol. The molecule has 1 aliphatic heterocycles. The molecule has 0 saturated heterocycles. The zero-order chi connectivity index (χ0) is 8.55. The minimum absolute atomic E-state index is 0.370. The van der Waals surface area contributed by atoms with Crippen LogP contribution < -0.4 is 11.1 Å². The number of nitrogens with two attached hydrogens (primary N) is 1. The number of hydrogen-bond acceptors (Lipinski definition) is 3. The number of carbonyl (C=O) groups excluding carboxylic acids is 1. The van der Waals surface area contributed by atoms with Crippen LogP contribution in [-0.2, 0) is 11.3 Å². The van der Waals surface area contributed by atoms with E-state index < -0.39 is 0 Å². The predicted molar refractivity (Wildman–Crippen MR) is 48.3 cm³/mol. The van der Waals surface area contributed by atoms with Crippen LogP contribution in [0.2, 0.25) is 0 Å². The first-order chi connectivity index (χ1) is 5.79. The van der Waals surface area contributed by atoms with Gasteiger partial charge in [-0.2, -0.15) is 0 Å². The van der Waals surface area contributed by atoms with Crippen molar-refractivity contribution in [2.75, 3.05) is 0 Å². The Bertz CT molecular complexity index is 354. The third kappa shape index (κ3) is 1.00. The first-order valence-corrected chi connectivity index (χ1v) is 4.47. The zero-order valence-electron chi connectivity index (χ0n) is 6.33. The van der Waals surface area contributed by atoms with E-state index in [4.69, 9.17) is 5.73 Å². The number of hydrogen-bond donors (Lipinski definition) is 2. The minimum atomic E-state index is -0.370. The molecule has 12 heavy (non-hydrogen) atoms. The highest BCUT2D eigenvalue weighted by Gasteiger charge is 2.16. The minimum Gasteiger partial charge on any atom is -0.386 e. The Labute approximate surface area is 73.9 Å². The van der Waals surface area contributed by atoms with Crippen molar-refractivity contribution >= 4 is 22.8 Å². The zero-order valence-corrected chi connectivity index (χ0v) is 7.15. The molecule has 2 rings (SSSR count).